The van der Waals surface area contributed by atoms with Gasteiger partial charge in [0.05, 0.1) is 11.1 Å². The lowest BCUT2D eigenvalue weighted by Gasteiger charge is -2.20. The fourth-order valence-electron chi connectivity index (χ4n) is 2.96. The zero-order chi connectivity index (χ0) is 27.2. The van der Waals surface area contributed by atoms with Gasteiger partial charge in [-0.3, -0.25) is 0 Å². The van der Waals surface area contributed by atoms with Crippen molar-refractivity contribution < 1.29 is 57.8 Å². The Hall–Kier alpha value is -3.91. The van der Waals surface area contributed by atoms with E-state index in [0.29, 0.717) is 24.3 Å². The molecular weight excluding hydrogens is 521 g/mol. The van der Waals surface area contributed by atoms with Gasteiger partial charge in [0.1, 0.15) is 22.9 Å². The minimum Gasteiger partial charge on any atom is -0.453 e. The molecule has 0 radical (unpaired) electrons. The Morgan fingerprint density at radius 1 is 0.556 bits per heavy atom. The average molecular weight is 532 g/mol. The molecule has 0 fully saturated rings. The normalized spacial score (nSPS) is 12.5. The second-order valence-corrected chi connectivity index (χ2v) is 7.08. The first-order valence-electron chi connectivity index (χ1n) is 9.28. The third kappa shape index (κ3) is 5.49. The number of ether oxygens (including phenoxy) is 2. The van der Waals surface area contributed by atoms with Crippen molar-refractivity contribution in [1.82, 2.24) is 0 Å². The maximum Gasteiger partial charge on any atom is 0.422 e. The molecule has 194 valence electrons. The van der Waals surface area contributed by atoms with E-state index in [1.54, 1.807) is 0 Å². The Bertz CT molecular complexity index is 1300. The van der Waals surface area contributed by atoms with Crippen molar-refractivity contribution >= 4 is 11.4 Å². The van der Waals surface area contributed by atoms with Crippen molar-refractivity contribution in [2.75, 3.05) is 11.5 Å². The van der Waals surface area contributed by atoms with Gasteiger partial charge in [0.2, 0.25) is 5.82 Å². The maximum absolute atomic E-state index is 15.1. The highest BCUT2D eigenvalue weighted by atomic mass is 19.4. The second-order valence-electron chi connectivity index (χ2n) is 7.08. The van der Waals surface area contributed by atoms with Gasteiger partial charge in [0.25, 0.3) is 0 Å². The molecule has 0 saturated carbocycles. The molecule has 0 aliphatic carbocycles. The summed E-state index contributed by atoms with van der Waals surface area (Å²) in [4.78, 5) is 0. The quantitative estimate of drug-likeness (QED) is 0.266. The van der Waals surface area contributed by atoms with Crippen molar-refractivity contribution in [2.24, 2.45) is 0 Å². The Morgan fingerprint density at radius 2 is 1.00 bits per heavy atom. The zero-order valence-electron chi connectivity index (χ0n) is 17.2. The molecule has 0 aromatic heterocycles. The molecule has 0 aliphatic rings. The third-order valence-corrected chi connectivity index (χ3v) is 4.48. The zero-order valence-corrected chi connectivity index (χ0v) is 17.2. The second kappa shape index (κ2) is 8.95. The summed E-state index contributed by atoms with van der Waals surface area (Å²) >= 11 is 0. The van der Waals surface area contributed by atoms with Crippen molar-refractivity contribution in [3.05, 3.63) is 70.8 Å². The highest BCUT2D eigenvalue weighted by Gasteiger charge is 2.43. The van der Waals surface area contributed by atoms with E-state index in [4.69, 9.17) is 11.5 Å². The van der Waals surface area contributed by atoms with Gasteiger partial charge in [-0.2, -0.15) is 43.9 Å². The van der Waals surface area contributed by atoms with Gasteiger partial charge in [-0.05, 0) is 24.3 Å². The van der Waals surface area contributed by atoms with E-state index < -0.39 is 75.5 Å². The number of nitrogen functional groups attached to an aromatic ring is 2. The smallest absolute Gasteiger partial charge is 0.422 e. The molecule has 4 N–H and O–H groups in total. The largest absolute Gasteiger partial charge is 0.453 e. The van der Waals surface area contributed by atoms with Crippen LogP contribution >= 0.6 is 0 Å². The minimum atomic E-state index is -5.72. The van der Waals surface area contributed by atoms with Crippen molar-refractivity contribution in [1.29, 1.82) is 0 Å². The predicted molar refractivity (Wildman–Crippen MR) is 103 cm³/mol. The van der Waals surface area contributed by atoms with Crippen molar-refractivity contribution in [2.45, 2.75) is 18.5 Å². The molecule has 0 saturated heterocycles. The topological polar surface area (TPSA) is 70.5 Å². The first-order chi connectivity index (χ1) is 16.4. The molecule has 15 heteroatoms. The predicted octanol–water partition coefficient (Wildman–Crippen LogP) is 7.77. The molecule has 3 aromatic carbocycles. The van der Waals surface area contributed by atoms with Crippen LogP contribution in [0.5, 0.6) is 23.0 Å². The number of rotatable bonds is 4. The first-order valence-corrected chi connectivity index (χ1v) is 9.28. The van der Waals surface area contributed by atoms with Crippen LogP contribution in [0.4, 0.5) is 59.7 Å². The summed E-state index contributed by atoms with van der Waals surface area (Å²) in [5.41, 5.74) is 4.17. The molecule has 3 aromatic rings. The number of nitrogens with two attached hydrogens (primary N) is 2. The van der Waals surface area contributed by atoms with E-state index >= 15 is 4.39 Å². The van der Waals surface area contributed by atoms with Gasteiger partial charge >= 0.3 is 18.5 Å². The summed E-state index contributed by atoms with van der Waals surface area (Å²) < 4.78 is 159. The Balaban J connectivity index is 2.25. The van der Waals surface area contributed by atoms with Gasteiger partial charge < -0.3 is 20.9 Å². The monoisotopic (exact) mass is 532 g/mol. The fourth-order valence-corrected chi connectivity index (χ4v) is 2.96. The summed E-state index contributed by atoms with van der Waals surface area (Å²) in [6, 6.07) is 2.91. The lowest BCUT2D eigenvalue weighted by molar-refractivity contribution is -0.141. The number of anilines is 2. The molecule has 0 atom stereocenters. The summed E-state index contributed by atoms with van der Waals surface area (Å²) in [7, 11) is 0. The van der Waals surface area contributed by atoms with Gasteiger partial charge in [0, 0.05) is 29.6 Å². The van der Waals surface area contributed by atoms with Crippen LogP contribution in [-0.2, 0) is 18.5 Å². The van der Waals surface area contributed by atoms with E-state index in [1.807, 2.05) is 0 Å². The van der Waals surface area contributed by atoms with Gasteiger partial charge in [-0.25, -0.2) is 4.39 Å². The summed E-state index contributed by atoms with van der Waals surface area (Å²) in [5, 5.41) is 0. The molecule has 36 heavy (non-hydrogen) atoms. The van der Waals surface area contributed by atoms with Crippen LogP contribution in [0.25, 0.3) is 0 Å². The van der Waals surface area contributed by atoms with Crippen LogP contribution in [0.3, 0.4) is 0 Å². The molecule has 0 aliphatic heterocycles. The van der Waals surface area contributed by atoms with Crippen LogP contribution in [-0.4, -0.2) is 0 Å². The minimum absolute atomic E-state index is 0.238. The Labute approximate surface area is 193 Å². The lowest BCUT2D eigenvalue weighted by atomic mass is 10.1. The molecule has 0 bridgehead atoms. The van der Waals surface area contributed by atoms with Gasteiger partial charge in [0.15, 0.2) is 11.5 Å². The number of hydrogen-bond donors (Lipinski definition) is 2. The van der Waals surface area contributed by atoms with Crippen LogP contribution in [0, 0.1) is 11.6 Å². The maximum atomic E-state index is 15.1. The third-order valence-electron chi connectivity index (χ3n) is 4.48. The molecule has 0 amide bonds. The van der Waals surface area contributed by atoms with E-state index in [9.17, 15) is 43.9 Å². The van der Waals surface area contributed by atoms with Crippen LogP contribution in [0.2, 0.25) is 0 Å². The van der Waals surface area contributed by atoms with Crippen LogP contribution in [0.15, 0.2) is 42.5 Å². The van der Waals surface area contributed by atoms with Crippen LogP contribution < -0.4 is 20.9 Å². The summed E-state index contributed by atoms with van der Waals surface area (Å²) in [6.07, 6.45) is -16.1. The van der Waals surface area contributed by atoms with Crippen molar-refractivity contribution in [3.63, 3.8) is 0 Å². The molecule has 3 rings (SSSR count). The molecular formula is C21H11F11N2O2. The highest BCUT2D eigenvalue weighted by Crippen LogP contribution is 2.48. The average Bonchev–Trinajstić information content (AvgIpc) is 2.68. The number of alkyl halides is 9. The Kier molecular flexibility index (Phi) is 6.63. The number of benzene rings is 3. The molecule has 0 spiro atoms. The van der Waals surface area contributed by atoms with Gasteiger partial charge in [-0.1, -0.05) is 0 Å². The van der Waals surface area contributed by atoms with Gasteiger partial charge in [-0.15, -0.1) is 0 Å². The van der Waals surface area contributed by atoms with E-state index in [2.05, 4.69) is 9.47 Å². The SMILES string of the molecule is Nc1ccc(C(F)(F)F)c(Oc2cc(F)c(C(F)(F)F)c(Oc3cc(N)ccc3C(F)(F)F)c2F)c1. The van der Waals surface area contributed by atoms with E-state index in [0.717, 1.165) is 12.1 Å². The van der Waals surface area contributed by atoms with E-state index in [1.165, 1.54) is 0 Å². The fraction of sp³-hybridized carbons (Fsp3) is 0.143. The van der Waals surface area contributed by atoms with E-state index in [-0.39, 0.29) is 11.8 Å². The number of halogens is 11. The molecule has 4 nitrogen and oxygen atoms in total. The molecule has 0 unspecified atom stereocenters. The lowest BCUT2D eigenvalue weighted by Crippen LogP contribution is -2.14. The Morgan fingerprint density at radius 3 is 1.42 bits per heavy atom. The highest BCUT2D eigenvalue weighted by molar-refractivity contribution is 5.55. The summed E-state index contributed by atoms with van der Waals surface area (Å²) in [6.45, 7) is 0. The molecule has 0 heterocycles. The first kappa shape index (κ1) is 26.7. The summed E-state index contributed by atoms with van der Waals surface area (Å²) in [5.74, 6) is -10.9. The van der Waals surface area contributed by atoms with Crippen LogP contribution in [0.1, 0.15) is 16.7 Å². The number of hydrogen-bond acceptors (Lipinski definition) is 4. The standard InChI is InChI=1S/C21H11F11N2O2/c22-12-7-15(35-13-5-8(33)1-3-10(13)19(24,25)26)17(23)18(16(12)21(30,31)32)36-14-6-9(34)2-4-11(14)20(27,28)29/h1-7H,33-34H2. The van der Waals surface area contributed by atoms with Crippen molar-refractivity contribution in [3.8, 4) is 23.0 Å².